The fourth-order valence-electron chi connectivity index (χ4n) is 6.45. The van der Waals surface area contributed by atoms with Gasteiger partial charge in [0.2, 0.25) is 5.78 Å². The summed E-state index contributed by atoms with van der Waals surface area (Å²) in [5.41, 5.74) is 4.59. The third-order valence-corrected chi connectivity index (χ3v) is 8.38. The van der Waals surface area contributed by atoms with Crippen molar-refractivity contribution in [2.24, 2.45) is 23.5 Å². The monoisotopic (exact) mass is 562 g/mol. The molecule has 216 valence electrons. The summed E-state index contributed by atoms with van der Waals surface area (Å²) < 4.78 is 5.65. The van der Waals surface area contributed by atoms with E-state index in [1.54, 1.807) is 13.2 Å². The molecule has 1 amide bonds. The molecule has 10 nitrogen and oxygen atoms in total. The molecule has 5 rings (SSSR count). The Balaban J connectivity index is 1.62. The van der Waals surface area contributed by atoms with Crippen molar-refractivity contribution < 1.29 is 39.5 Å². The first kappa shape index (κ1) is 28.4. The van der Waals surface area contributed by atoms with Crippen LogP contribution in [0.3, 0.4) is 0 Å². The molecule has 0 fully saturated rings. The second kappa shape index (κ2) is 10.4. The van der Waals surface area contributed by atoms with Crippen LogP contribution < -0.4 is 15.8 Å². The number of primary amides is 1. The summed E-state index contributed by atoms with van der Waals surface area (Å²) in [4.78, 5) is 38.9. The number of benzene rings is 2. The van der Waals surface area contributed by atoms with Crippen molar-refractivity contribution in [2.75, 3.05) is 13.7 Å². The number of Topliss-reactive ketones (excluding diaryl/α,β-unsaturated/α-hetero) is 2. The Morgan fingerprint density at radius 2 is 1.85 bits per heavy atom. The Bertz CT molecular complexity index is 1540. The van der Waals surface area contributed by atoms with Gasteiger partial charge in [0.1, 0.15) is 28.6 Å². The second-order valence-electron chi connectivity index (χ2n) is 11.5. The fraction of sp³-hybridized carbons (Fsp3) is 0.387. The van der Waals surface area contributed by atoms with Gasteiger partial charge in [0, 0.05) is 30.0 Å². The van der Waals surface area contributed by atoms with E-state index in [4.69, 9.17) is 10.5 Å². The first-order chi connectivity index (χ1) is 19.4. The lowest BCUT2D eigenvalue weighted by atomic mass is 9.60. The molecule has 0 radical (unpaired) electrons. The number of hydrogen-bond acceptors (Lipinski definition) is 9. The number of carbonyl (C=O) groups is 3. The number of phenols is 1. The summed E-state index contributed by atoms with van der Waals surface area (Å²) in [7, 11) is 1.55. The second-order valence-corrected chi connectivity index (χ2v) is 11.5. The highest BCUT2D eigenvalue weighted by molar-refractivity contribution is 6.24. The number of ketones is 2. The summed E-state index contributed by atoms with van der Waals surface area (Å²) in [5.74, 6) is -5.50. The third-order valence-electron chi connectivity index (χ3n) is 8.38. The standard InChI is InChI=1S/C31H34N2O8/c1-14(2)12-33-13-15-4-7-23(41-3)19(8-15)18-5-6-21(34)25-20(18)10-16-9-17-11-22(35)26(30(32)39)29(38)31(17,40)28(37)24(16)27(25)36/h4-8,14,16-17,33-35,37,40H,9-13H2,1-3H3,(H2,32,39)/t16-,17?,31+/m1/s1. The van der Waals surface area contributed by atoms with E-state index in [2.05, 4.69) is 19.2 Å². The Kier molecular flexibility index (Phi) is 7.17. The van der Waals surface area contributed by atoms with Crippen LogP contribution in [0.4, 0.5) is 0 Å². The van der Waals surface area contributed by atoms with Gasteiger partial charge in [-0.1, -0.05) is 26.0 Å². The van der Waals surface area contributed by atoms with Crippen molar-refractivity contribution in [1.82, 2.24) is 5.32 Å². The maximum absolute atomic E-state index is 13.9. The minimum atomic E-state index is -2.59. The minimum absolute atomic E-state index is 0.0375. The number of nitrogens with one attached hydrogen (secondary N) is 1. The molecule has 3 aliphatic carbocycles. The topological polar surface area (TPSA) is 179 Å². The zero-order chi connectivity index (χ0) is 29.8. The van der Waals surface area contributed by atoms with Crippen molar-refractivity contribution in [3.05, 3.63) is 69.7 Å². The molecule has 0 aromatic heterocycles. The van der Waals surface area contributed by atoms with Crippen LogP contribution in [0.1, 0.15) is 48.2 Å². The normalized spacial score (nSPS) is 23.8. The number of fused-ring (bicyclic) bond motifs is 3. The van der Waals surface area contributed by atoms with Gasteiger partial charge in [-0.3, -0.25) is 14.4 Å². The van der Waals surface area contributed by atoms with Crippen LogP contribution in [0.25, 0.3) is 11.1 Å². The van der Waals surface area contributed by atoms with Gasteiger partial charge in [-0.25, -0.2) is 0 Å². The number of amides is 1. The van der Waals surface area contributed by atoms with Crippen LogP contribution >= 0.6 is 0 Å². The third kappa shape index (κ3) is 4.47. The Labute approximate surface area is 237 Å². The number of nitrogens with two attached hydrogens (primary N) is 1. The van der Waals surface area contributed by atoms with E-state index < -0.39 is 52.0 Å². The van der Waals surface area contributed by atoms with E-state index >= 15 is 0 Å². The Morgan fingerprint density at radius 3 is 2.51 bits per heavy atom. The lowest BCUT2D eigenvalue weighted by molar-refractivity contribution is -0.144. The largest absolute Gasteiger partial charge is 0.511 e. The highest BCUT2D eigenvalue weighted by atomic mass is 16.5. The molecule has 1 unspecified atom stereocenters. The number of aliphatic hydroxyl groups excluding tert-OH is 2. The van der Waals surface area contributed by atoms with Gasteiger partial charge in [0.25, 0.3) is 5.91 Å². The lowest BCUT2D eigenvalue weighted by Gasteiger charge is -2.45. The number of aromatic hydroxyl groups is 1. The predicted molar refractivity (Wildman–Crippen MR) is 149 cm³/mol. The van der Waals surface area contributed by atoms with Gasteiger partial charge < -0.3 is 36.2 Å². The van der Waals surface area contributed by atoms with Crippen LogP contribution in [0.2, 0.25) is 0 Å². The molecule has 2 aromatic carbocycles. The fourth-order valence-corrected chi connectivity index (χ4v) is 6.45. The quantitative estimate of drug-likeness (QED) is 0.277. The number of phenolic OH excluding ortho intramolecular Hbond substituents is 1. The molecule has 7 N–H and O–H groups in total. The molecule has 0 saturated carbocycles. The average Bonchev–Trinajstić information content (AvgIpc) is 2.90. The van der Waals surface area contributed by atoms with E-state index in [0.29, 0.717) is 29.3 Å². The summed E-state index contributed by atoms with van der Waals surface area (Å²) >= 11 is 0. The first-order valence-electron chi connectivity index (χ1n) is 13.6. The van der Waals surface area contributed by atoms with E-state index in [1.807, 2.05) is 18.2 Å². The highest BCUT2D eigenvalue weighted by Gasteiger charge is 2.59. The number of aliphatic hydroxyl groups is 3. The maximum Gasteiger partial charge on any atom is 0.255 e. The van der Waals surface area contributed by atoms with E-state index in [9.17, 15) is 34.8 Å². The van der Waals surface area contributed by atoms with Crippen molar-refractivity contribution in [3.8, 4) is 22.6 Å². The predicted octanol–water partition coefficient (Wildman–Crippen LogP) is 3.00. The van der Waals surface area contributed by atoms with Crippen molar-refractivity contribution in [1.29, 1.82) is 0 Å². The molecule has 3 atom stereocenters. The number of allylic oxidation sites excluding steroid dienone is 2. The van der Waals surface area contributed by atoms with Crippen LogP contribution in [-0.2, 0) is 22.6 Å². The number of rotatable bonds is 7. The number of ether oxygens (including phenoxy) is 1. The van der Waals surface area contributed by atoms with Gasteiger partial charge >= 0.3 is 0 Å². The number of carbonyl (C=O) groups excluding carboxylic acids is 3. The van der Waals surface area contributed by atoms with Crippen LogP contribution in [0, 0.1) is 17.8 Å². The van der Waals surface area contributed by atoms with Gasteiger partial charge in [-0.05, 0) is 66.1 Å². The molecule has 3 aliphatic rings. The van der Waals surface area contributed by atoms with Gasteiger partial charge in [0.15, 0.2) is 11.4 Å². The van der Waals surface area contributed by atoms with Crippen molar-refractivity contribution in [3.63, 3.8) is 0 Å². The molecule has 0 aliphatic heterocycles. The Hall–Kier alpha value is -4.15. The smallest absolute Gasteiger partial charge is 0.255 e. The van der Waals surface area contributed by atoms with Crippen molar-refractivity contribution in [2.45, 2.75) is 45.3 Å². The molecule has 0 spiro atoms. The van der Waals surface area contributed by atoms with Gasteiger partial charge in [-0.15, -0.1) is 0 Å². The highest BCUT2D eigenvalue weighted by Crippen LogP contribution is 2.52. The molecule has 0 bridgehead atoms. The van der Waals surface area contributed by atoms with E-state index in [0.717, 1.165) is 17.7 Å². The zero-order valence-electron chi connectivity index (χ0n) is 23.2. The summed E-state index contributed by atoms with van der Waals surface area (Å²) in [6.07, 6.45) is -0.00699. The van der Waals surface area contributed by atoms with Crippen LogP contribution in [0.5, 0.6) is 11.5 Å². The number of hydrogen-bond donors (Lipinski definition) is 6. The molecular formula is C31H34N2O8. The molecule has 2 aromatic rings. The minimum Gasteiger partial charge on any atom is -0.511 e. The van der Waals surface area contributed by atoms with Gasteiger partial charge in [-0.2, -0.15) is 0 Å². The molecule has 41 heavy (non-hydrogen) atoms. The summed E-state index contributed by atoms with van der Waals surface area (Å²) in [6.45, 7) is 5.70. The number of methoxy groups -OCH3 is 1. The summed E-state index contributed by atoms with van der Waals surface area (Å²) in [6, 6.07) is 8.89. The summed E-state index contributed by atoms with van der Waals surface area (Å²) in [5, 5.41) is 47.3. The SMILES string of the molecule is COc1ccc(CNCC(C)C)cc1-c1ccc(O)c2c1C[C@H]1CC3CC(O)=C(C(N)=O)C(=O)[C@@]3(O)C(O)=C1C2=O. The van der Waals surface area contributed by atoms with Gasteiger partial charge in [0.05, 0.1) is 12.7 Å². The Morgan fingerprint density at radius 1 is 1.12 bits per heavy atom. The molecule has 10 heteroatoms. The molecule has 0 heterocycles. The van der Waals surface area contributed by atoms with E-state index in [-0.39, 0.29) is 36.1 Å². The lowest BCUT2D eigenvalue weighted by Crippen LogP contribution is -2.57. The van der Waals surface area contributed by atoms with Crippen molar-refractivity contribution >= 4 is 17.5 Å². The zero-order valence-corrected chi connectivity index (χ0v) is 23.2. The van der Waals surface area contributed by atoms with Crippen LogP contribution in [-0.4, -0.2) is 57.2 Å². The maximum atomic E-state index is 13.9. The molecule has 0 saturated heterocycles. The first-order valence-corrected chi connectivity index (χ1v) is 13.6. The molecular weight excluding hydrogens is 528 g/mol. The van der Waals surface area contributed by atoms with E-state index in [1.165, 1.54) is 6.07 Å². The van der Waals surface area contributed by atoms with Crippen LogP contribution in [0.15, 0.2) is 53.0 Å². The average molecular weight is 563 g/mol.